The number of morpholine rings is 1. The summed E-state index contributed by atoms with van der Waals surface area (Å²) in [5.74, 6) is 0.894. The third-order valence-corrected chi connectivity index (χ3v) is 2.44. The maximum absolute atomic E-state index is 5.40. The highest BCUT2D eigenvalue weighted by Crippen LogP contribution is 2.19. The molecule has 0 saturated carbocycles. The van der Waals surface area contributed by atoms with E-state index in [-0.39, 0.29) is 12.4 Å². The first-order chi connectivity index (χ1) is 6.90. The molecule has 1 N–H and O–H groups in total. The van der Waals surface area contributed by atoms with Gasteiger partial charge in [0.25, 0.3) is 0 Å². The summed E-state index contributed by atoms with van der Waals surface area (Å²) in [7, 11) is 1.68. The minimum Gasteiger partial charge on any atom is -0.497 e. The highest BCUT2D eigenvalue weighted by Gasteiger charge is 2.14. The lowest BCUT2D eigenvalue weighted by Gasteiger charge is -2.24. The second-order valence-corrected chi connectivity index (χ2v) is 3.35. The quantitative estimate of drug-likeness (QED) is 0.839. The molecule has 1 saturated heterocycles. The number of hydrogen-bond donors (Lipinski definition) is 1. The van der Waals surface area contributed by atoms with Crippen molar-refractivity contribution in [2.24, 2.45) is 0 Å². The molecule has 0 amide bonds. The van der Waals surface area contributed by atoms with Gasteiger partial charge in [-0.15, -0.1) is 12.4 Å². The molecule has 1 aromatic carbocycles. The van der Waals surface area contributed by atoms with Crippen LogP contribution in [0.4, 0.5) is 0 Å². The van der Waals surface area contributed by atoms with Crippen LogP contribution in [0.25, 0.3) is 0 Å². The van der Waals surface area contributed by atoms with E-state index in [1.54, 1.807) is 7.11 Å². The Morgan fingerprint density at radius 2 is 2.07 bits per heavy atom. The topological polar surface area (TPSA) is 30.5 Å². The first kappa shape index (κ1) is 12.3. The van der Waals surface area contributed by atoms with E-state index in [2.05, 4.69) is 17.4 Å². The summed E-state index contributed by atoms with van der Waals surface area (Å²) < 4.78 is 10.5. The third-order valence-electron chi connectivity index (χ3n) is 2.44. The van der Waals surface area contributed by atoms with Gasteiger partial charge in [0.15, 0.2) is 0 Å². The normalized spacial score (nSPS) is 20.5. The van der Waals surface area contributed by atoms with E-state index in [4.69, 9.17) is 9.47 Å². The van der Waals surface area contributed by atoms with Crippen LogP contribution in [0.3, 0.4) is 0 Å². The van der Waals surface area contributed by atoms with E-state index in [0.717, 1.165) is 25.5 Å². The molecule has 2 rings (SSSR count). The summed E-state index contributed by atoms with van der Waals surface area (Å²) in [6.07, 6.45) is 0. The summed E-state index contributed by atoms with van der Waals surface area (Å²) in [4.78, 5) is 0. The minimum atomic E-state index is 0. The van der Waals surface area contributed by atoms with Gasteiger partial charge in [0.05, 0.1) is 26.4 Å². The smallest absolute Gasteiger partial charge is 0.118 e. The van der Waals surface area contributed by atoms with Crippen LogP contribution in [0, 0.1) is 0 Å². The molecule has 1 fully saturated rings. The Hall–Kier alpha value is -0.770. The summed E-state index contributed by atoms with van der Waals surface area (Å²) in [6, 6.07) is 8.43. The molecule has 0 bridgehead atoms. The van der Waals surface area contributed by atoms with Crippen molar-refractivity contribution in [3.05, 3.63) is 29.8 Å². The molecule has 1 unspecified atom stereocenters. The van der Waals surface area contributed by atoms with E-state index in [9.17, 15) is 0 Å². The summed E-state index contributed by atoms with van der Waals surface area (Å²) >= 11 is 0. The highest BCUT2D eigenvalue weighted by atomic mass is 35.5. The van der Waals surface area contributed by atoms with Crippen molar-refractivity contribution in [3.8, 4) is 5.75 Å². The predicted molar refractivity (Wildman–Crippen MR) is 61.8 cm³/mol. The fourth-order valence-corrected chi connectivity index (χ4v) is 1.62. The van der Waals surface area contributed by atoms with Crippen LogP contribution in [0.1, 0.15) is 11.6 Å². The van der Waals surface area contributed by atoms with E-state index in [0.29, 0.717) is 6.04 Å². The average molecular weight is 230 g/mol. The van der Waals surface area contributed by atoms with Crippen LogP contribution in [0.5, 0.6) is 5.75 Å². The molecule has 3 nitrogen and oxygen atoms in total. The van der Waals surface area contributed by atoms with Gasteiger partial charge in [-0.2, -0.15) is 0 Å². The van der Waals surface area contributed by atoms with E-state index >= 15 is 0 Å². The lowest BCUT2D eigenvalue weighted by Crippen LogP contribution is -2.34. The standard InChI is InChI=1S/C11H15NO2.ClH/c1-13-10-4-2-9(3-5-10)11-8-14-7-6-12-11;/h2-5,11-12H,6-8H2,1H3;1H. The maximum atomic E-state index is 5.40. The van der Waals surface area contributed by atoms with Crippen LogP contribution >= 0.6 is 12.4 Å². The number of benzene rings is 1. The van der Waals surface area contributed by atoms with E-state index in [1.807, 2.05) is 12.1 Å². The molecule has 1 heterocycles. The van der Waals surface area contributed by atoms with Crippen LogP contribution in [-0.4, -0.2) is 26.9 Å². The summed E-state index contributed by atoms with van der Waals surface area (Å²) in [5, 5.41) is 3.41. The first-order valence-electron chi connectivity index (χ1n) is 4.85. The fourth-order valence-electron chi connectivity index (χ4n) is 1.62. The van der Waals surface area contributed by atoms with Crippen LogP contribution in [-0.2, 0) is 4.74 Å². The van der Waals surface area contributed by atoms with Crippen molar-refractivity contribution in [3.63, 3.8) is 0 Å². The molecule has 1 aliphatic heterocycles. The maximum Gasteiger partial charge on any atom is 0.118 e. The average Bonchev–Trinajstić information content (AvgIpc) is 2.30. The number of hydrogen-bond acceptors (Lipinski definition) is 3. The van der Waals surface area contributed by atoms with Crippen LogP contribution < -0.4 is 10.1 Å². The molecule has 0 aliphatic carbocycles. The lowest BCUT2D eigenvalue weighted by molar-refractivity contribution is 0.0768. The predicted octanol–water partition coefficient (Wildman–Crippen LogP) is 1.78. The van der Waals surface area contributed by atoms with Gasteiger partial charge < -0.3 is 14.8 Å². The SMILES string of the molecule is COc1ccc(C2COCCN2)cc1.Cl. The fraction of sp³-hybridized carbons (Fsp3) is 0.455. The Morgan fingerprint density at radius 1 is 1.33 bits per heavy atom. The molecule has 15 heavy (non-hydrogen) atoms. The third kappa shape index (κ3) is 3.09. The van der Waals surface area contributed by atoms with Crippen molar-refractivity contribution in [2.45, 2.75) is 6.04 Å². The molecular formula is C11H16ClNO2. The summed E-state index contributed by atoms with van der Waals surface area (Å²) in [6.45, 7) is 2.50. The van der Waals surface area contributed by atoms with Crippen molar-refractivity contribution in [2.75, 3.05) is 26.9 Å². The van der Waals surface area contributed by atoms with Gasteiger partial charge >= 0.3 is 0 Å². The molecular weight excluding hydrogens is 214 g/mol. The molecule has 0 aromatic heterocycles. The Kier molecular flexibility index (Phi) is 4.88. The Bertz CT molecular complexity index is 283. The van der Waals surface area contributed by atoms with Crippen molar-refractivity contribution >= 4 is 12.4 Å². The van der Waals surface area contributed by atoms with E-state index < -0.39 is 0 Å². The second-order valence-electron chi connectivity index (χ2n) is 3.35. The molecule has 1 aromatic rings. The van der Waals surface area contributed by atoms with Crippen molar-refractivity contribution in [1.29, 1.82) is 0 Å². The van der Waals surface area contributed by atoms with Gasteiger partial charge in [-0.1, -0.05) is 12.1 Å². The highest BCUT2D eigenvalue weighted by molar-refractivity contribution is 5.85. The molecule has 84 valence electrons. The van der Waals surface area contributed by atoms with Crippen LogP contribution in [0.15, 0.2) is 24.3 Å². The zero-order chi connectivity index (χ0) is 9.80. The van der Waals surface area contributed by atoms with Gasteiger partial charge in [-0.3, -0.25) is 0 Å². The van der Waals surface area contributed by atoms with Gasteiger partial charge in [0.2, 0.25) is 0 Å². The van der Waals surface area contributed by atoms with Gasteiger partial charge in [0.1, 0.15) is 5.75 Å². The Labute approximate surface area is 96.2 Å². The largest absolute Gasteiger partial charge is 0.497 e. The Balaban J connectivity index is 0.00000112. The van der Waals surface area contributed by atoms with Crippen molar-refractivity contribution < 1.29 is 9.47 Å². The van der Waals surface area contributed by atoms with Crippen molar-refractivity contribution in [1.82, 2.24) is 5.32 Å². The zero-order valence-electron chi connectivity index (χ0n) is 8.73. The zero-order valence-corrected chi connectivity index (χ0v) is 9.55. The molecule has 0 spiro atoms. The minimum absolute atomic E-state index is 0. The number of nitrogens with one attached hydrogen (secondary N) is 1. The lowest BCUT2D eigenvalue weighted by atomic mass is 10.1. The number of methoxy groups -OCH3 is 1. The molecule has 0 radical (unpaired) electrons. The molecule has 4 heteroatoms. The number of ether oxygens (including phenoxy) is 2. The second kappa shape index (κ2) is 5.95. The molecule has 1 atom stereocenters. The Morgan fingerprint density at radius 3 is 2.60 bits per heavy atom. The van der Waals surface area contributed by atoms with E-state index in [1.165, 1.54) is 5.56 Å². The first-order valence-corrected chi connectivity index (χ1v) is 4.85. The van der Waals surface area contributed by atoms with Gasteiger partial charge in [-0.05, 0) is 17.7 Å². The molecule has 1 aliphatic rings. The monoisotopic (exact) mass is 229 g/mol. The number of rotatable bonds is 2. The number of halogens is 1. The summed E-state index contributed by atoms with van der Waals surface area (Å²) in [5.41, 5.74) is 1.26. The van der Waals surface area contributed by atoms with Gasteiger partial charge in [-0.25, -0.2) is 0 Å². The van der Waals surface area contributed by atoms with Gasteiger partial charge in [0, 0.05) is 6.54 Å². The van der Waals surface area contributed by atoms with Crippen LogP contribution in [0.2, 0.25) is 0 Å².